The summed E-state index contributed by atoms with van der Waals surface area (Å²) in [5.74, 6) is 1.63. The van der Waals surface area contributed by atoms with Gasteiger partial charge in [-0.15, -0.1) is 0 Å². The number of allylic oxidation sites excluding steroid dienone is 16. The van der Waals surface area contributed by atoms with Crippen LogP contribution in [-0.2, 0) is 6.42 Å². The Bertz CT molecular complexity index is 1720. The fraction of sp³-hybridized carbons (Fsp3) is 0.610. The molecule has 0 aliphatic carbocycles. The van der Waals surface area contributed by atoms with Gasteiger partial charge in [-0.25, -0.2) is 0 Å². The molecule has 4 heteroatoms. The Balaban J connectivity index is 2.25. The van der Waals surface area contributed by atoms with Crippen LogP contribution in [0.2, 0.25) is 0 Å². The third kappa shape index (κ3) is 26.7. The number of ether oxygens (including phenoxy) is 2. The largest absolute Gasteiger partial charge is 0.504 e. The molecule has 0 saturated heterocycles. The Labute approximate surface area is 389 Å². The van der Waals surface area contributed by atoms with Crippen molar-refractivity contribution < 1.29 is 19.7 Å². The highest BCUT2D eigenvalue weighted by molar-refractivity contribution is 5.65. The molecular formula is C59H95O4-. The smallest absolute Gasteiger partial charge is 0.207 e. The van der Waals surface area contributed by atoms with Crippen LogP contribution in [0.1, 0.15) is 209 Å². The van der Waals surface area contributed by atoms with Gasteiger partial charge in [0, 0.05) is 11.1 Å². The molecule has 0 fully saturated rings. The van der Waals surface area contributed by atoms with Gasteiger partial charge in [0.15, 0.2) is 11.5 Å². The molecule has 356 valence electrons. The number of benzene rings is 1. The quantitative estimate of drug-likeness (QED) is 0.0420. The standard InChI is InChI=1S/C59H95O4/c1-44(2)24-15-25-45(3)26-16-27-46(4)28-17-29-47(5)30-18-31-48(6)32-19-33-49(7)34-20-35-50(8)36-21-37-51(9)38-22-39-52(10)40-23-41-53(11)42-43-55-54(12)56(60)58(62-13)59(63-14)57(55)61/h24,26,28,30,32,34,36,38,40,50,53,60-61H,15-23,25,27,29,31,33,35,37,39,41-43H2,1-14H3/q-1/b45-26+,46-28+,47-30?,48-32+,49-34-,51-38+,52-40-/t50?,53-/m1/s1. The minimum Gasteiger partial charge on any atom is -0.504 e. The molecule has 2 atom stereocenters. The lowest BCUT2D eigenvalue weighted by Crippen LogP contribution is -2.02. The fourth-order valence-corrected chi connectivity index (χ4v) is 8.02. The van der Waals surface area contributed by atoms with Crippen molar-refractivity contribution in [3.63, 3.8) is 0 Å². The van der Waals surface area contributed by atoms with Crippen molar-refractivity contribution >= 4 is 0 Å². The lowest BCUT2D eigenvalue weighted by molar-refractivity contribution is 0.313. The molecule has 4 nitrogen and oxygen atoms in total. The predicted molar refractivity (Wildman–Crippen MR) is 277 cm³/mol. The molecule has 0 aliphatic heterocycles. The summed E-state index contributed by atoms with van der Waals surface area (Å²) in [6.45, 7) is 26.8. The predicted octanol–water partition coefficient (Wildman–Crippen LogP) is 18.4. The van der Waals surface area contributed by atoms with E-state index in [9.17, 15) is 10.2 Å². The summed E-state index contributed by atoms with van der Waals surface area (Å²) in [7, 11) is 2.94. The van der Waals surface area contributed by atoms with Crippen LogP contribution in [0.3, 0.4) is 0 Å². The molecule has 0 spiro atoms. The van der Waals surface area contributed by atoms with Crippen molar-refractivity contribution in [2.75, 3.05) is 14.2 Å². The van der Waals surface area contributed by atoms with E-state index in [0.717, 1.165) is 82.6 Å². The van der Waals surface area contributed by atoms with Crippen LogP contribution in [-0.4, -0.2) is 24.4 Å². The van der Waals surface area contributed by atoms with Gasteiger partial charge in [0.1, 0.15) is 0 Å². The second-order valence-electron chi connectivity index (χ2n) is 19.3. The molecule has 1 aromatic rings. The van der Waals surface area contributed by atoms with Gasteiger partial charge in [-0.05, 0) is 184 Å². The first-order valence-corrected chi connectivity index (χ1v) is 24.7. The topological polar surface area (TPSA) is 58.9 Å². The Morgan fingerprint density at radius 1 is 0.476 bits per heavy atom. The molecular weight excluding hydrogens is 773 g/mol. The van der Waals surface area contributed by atoms with Crippen LogP contribution in [0.5, 0.6) is 23.0 Å². The van der Waals surface area contributed by atoms with E-state index in [-0.39, 0.29) is 23.0 Å². The van der Waals surface area contributed by atoms with Crippen LogP contribution in [0.25, 0.3) is 0 Å². The van der Waals surface area contributed by atoms with Crippen molar-refractivity contribution in [1.29, 1.82) is 0 Å². The van der Waals surface area contributed by atoms with E-state index in [4.69, 9.17) is 9.47 Å². The second-order valence-corrected chi connectivity index (χ2v) is 19.3. The Morgan fingerprint density at radius 2 is 0.825 bits per heavy atom. The van der Waals surface area contributed by atoms with Crippen molar-refractivity contribution in [3.8, 4) is 23.0 Å². The van der Waals surface area contributed by atoms with E-state index in [1.807, 2.05) is 6.92 Å². The molecule has 1 rings (SSSR count). The van der Waals surface area contributed by atoms with Crippen molar-refractivity contribution in [3.05, 3.63) is 111 Å². The zero-order chi connectivity index (χ0) is 47.2. The maximum atomic E-state index is 10.8. The molecule has 63 heavy (non-hydrogen) atoms. The van der Waals surface area contributed by atoms with E-state index in [0.29, 0.717) is 23.8 Å². The number of hydrogen-bond acceptors (Lipinski definition) is 4. The van der Waals surface area contributed by atoms with Crippen LogP contribution < -0.4 is 9.47 Å². The Kier molecular flexibility index (Phi) is 30.8. The number of hydrogen-bond donors (Lipinski definition) is 2. The molecule has 0 bridgehead atoms. The van der Waals surface area contributed by atoms with Gasteiger partial charge in [-0.3, -0.25) is 0 Å². The van der Waals surface area contributed by atoms with Crippen LogP contribution in [0.4, 0.5) is 0 Å². The molecule has 0 aliphatic rings. The van der Waals surface area contributed by atoms with Gasteiger partial charge in [0.05, 0.1) is 14.2 Å². The minimum atomic E-state index is 0.0366. The van der Waals surface area contributed by atoms with E-state index in [2.05, 4.69) is 131 Å². The average Bonchev–Trinajstić information content (AvgIpc) is 3.21. The van der Waals surface area contributed by atoms with Gasteiger partial charge >= 0.3 is 0 Å². The summed E-state index contributed by atoms with van der Waals surface area (Å²) in [6, 6.07) is 0. The van der Waals surface area contributed by atoms with Crippen molar-refractivity contribution in [2.24, 2.45) is 11.8 Å². The minimum absolute atomic E-state index is 0.0366. The van der Waals surface area contributed by atoms with Gasteiger partial charge < -0.3 is 26.1 Å². The number of phenolic OH excluding ortho intramolecular Hbond substituents is 2. The maximum absolute atomic E-state index is 10.8. The van der Waals surface area contributed by atoms with E-state index >= 15 is 0 Å². The summed E-state index contributed by atoms with van der Waals surface area (Å²) in [4.78, 5) is 0. The molecule has 0 aromatic heterocycles. The number of aromatic hydroxyl groups is 2. The van der Waals surface area contributed by atoms with Gasteiger partial charge in [0.25, 0.3) is 0 Å². The molecule has 2 N–H and O–H groups in total. The first-order valence-electron chi connectivity index (χ1n) is 24.7. The third-order valence-electron chi connectivity index (χ3n) is 12.6. The summed E-state index contributed by atoms with van der Waals surface area (Å²) >= 11 is 0. The maximum Gasteiger partial charge on any atom is 0.207 e. The summed E-state index contributed by atoms with van der Waals surface area (Å²) in [5.41, 5.74) is 13.4. The van der Waals surface area contributed by atoms with Crippen molar-refractivity contribution in [2.45, 2.75) is 212 Å². The van der Waals surface area contributed by atoms with Crippen LogP contribution in [0.15, 0.2) is 93.2 Å². The number of methoxy groups -OCH3 is 2. The third-order valence-corrected chi connectivity index (χ3v) is 12.6. The normalized spacial score (nSPS) is 14.6. The molecule has 1 unspecified atom stereocenters. The SMILES string of the molecule is COc1c(O)c(C)c(CC[C@H](C)CC/C=C(/C)CC/C=C(\C)CC[CH-]C(C)CC/C=C(/C)CC/C=C(\C)CCC=C(C)CC/C=C(\C)CC/C=C(\C)CCC=C(C)C)c(O)c1OC. The average molecular weight is 868 g/mol. The fourth-order valence-electron chi connectivity index (χ4n) is 8.02. The molecule has 0 amide bonds. The van der Waals surface area contributed by atoms with E-state index in [1.165, 1.54) is 104 Å². The Hall–Kier alpha value is -3.66. The lowest BCUT2D eigenvalue weighted by Gasteiger charge is -2.21. The van der Waals surface area contributed by atoms with Crippen LogP contribution in [0, 0.1) is 25.2 Å². The zero-order valence-corrected chi connectivity index (χ0v) is 43.2. The first-order chi connectivity index (χ1) is 30.0. The van der Waals surface area contributed by atoms with E-state index in [1.54, 1.807) is 0 Å². The van der Waals surface area contributed by atoms with Crippen molar-refractivity contribution in [1.82, 2.24) is 0 Å². The highest BCUT2D eigenvalue weighted by Crippen LogP contribution is 2.48. The van der Waals surface area contributed by atoms with Gasteiger partial charge in [-0.1, -0.05) is 120 Å². The van der Waals surface area contributed by atoms with Gasteiger partial charge in [-0.2, -0.15) is 12.3 Å². The number of phenols is 2. The molecule has 1 aromatic carbocycles. The lowest BCUT2D eigenvalue weighted by atomic mass is 9.93. The van der Waals surface area contributed by atoms with Gasteiger partial charge in [0.2, 0.25) is 11.5 Å². The highest BCUT2D eigenvalue weighted by Gasteiger charge is 2.23. The highest BCUT2D eigenvalue weighted by atomic mass is 16.5. The van der Waals surface area contributed by atoms with E-state index < -0.39 is 0 Å². The summed E-state index contributed by atoms with van der Waals surface area (Å²) < 4.78 is 10.6. The summed E-state index contributed by atoms with van der Waals surface area (Å²) in [6.07, 6.45) is 44.3. The molecule has 0 heterocycles. The summed E-state index contributed by atoms with van der Waals surface area (Å²) in [5, 5.41) is 21.3. The first kappa shape index (κ1) is 57.4. The Morgan fingerprint density at radius 3 is 1.22 bits per heavy atom. The second kappa shape index (κ2) is 33.8. The van der Waals surface area contributed by atoms with Crippen LogP contribution >= 0.6 is 0 Å². The zero-order valence-electron chi connectivity index (χ0n) is 43.2. The molecule has 0 saturated carbocycles. The monoisotopic (exact) mass is 868 g/mol. The molecule has 0 radical (unpaired) electrons. The number of rotatable bonds is 33.